The van der Waals surface area contributed by atoms with Crippen molar-refractivity contribution in [1.82, 2.24) is 0 Å². The Kier molecular flexibility index (Phi) is 4.33. The van der Waals surface area contributed by atoms with Crippen LogP contribution in [0.2, 0.25) is 5.02 Å². The zero-order valence-corrected chi connectivity index (χ0v) is 11.6. The van der Waals surface area contributed by atoms with Gasteiger partial charge < -0.3 is 0 Å². The maximum Gasteiger partial charge on any atom is 0.0446 e. The second-order valence-electron chi connectivity index (χ2n) is 3.31. The van der Waals surface area contributed by atoms with Gasteiger partial charge in [-0.15, -0.1) is 11.8 Å². The minimum Gasteiger partial charge on any atom is -0.120 e. The number of benzene rings is 2. The summed E-state index contributed by atoms with van der Waals surface area (Å²) in [4.78, 5) is 1.24. The molecule has 0 fully saturated rings. The minimum absolute atomic E-state index is 0.835. The zero-order valence-electron chi connectivity index (χ0n) is 8.49. The Morgan fingerprint density at radius 3 is 2.44 bits per heavy atom. The van der Waals surface area contributed by atoms with Crippen LogP contribution in [0.25, 0.3) is 0 Å². The lowest BCUT2D eigenvalue weighted by molar-refractivity contribution is 1.36. The van der Waals surface area contributed by atoms with Gasteiger partial charge in [0.15, 0.2) is 0 Å². The second kappa shape index (κ2) is 5.76. The fraction of sp³-hybridized carbons (Fsp3) is 0.0769. The van der Waals surface area contributed by atoms with Gasteiger partial charge in [-0.2, -0.15) is 0 Å². The van der Waals surface area contributed by atoms with Crippen LogP contribution in [0, 0.1) is 0 Å². The molecule has 82 valence electrons. The molecule has 0 saturated carbocycles. The van der Waals surface area contributed by atoms with E-state index >= 15 is 0 Å². The van der Waals surface area contributed by atoms with Crippen LogP contribution in [0.5, 0.6) is 0 Å². The Balaban J connectivity index is 2.09. The first-order valence-electron chi connectivity index (χ1n) is 4.88. The molecule has 0 unspecified atom stereocenters. The summed E-state index contributed by atoms with van der Waals surface area (Å²) in [5.41, 5.74) is 1.17. The van der Waals surface area contributed by atoms with E-state index in [1.165, 1.54) is 10.5 Å². The molecular weight excluding hydrogens is 304 g/mol. The molecule has 16 heavy (non-hydrogen) atoms. The van der Waals surface area contributed by atoms with Gasteiger partial charge in [-0.3, -0.25) is 0 Å². The lowest BCUT2D eigenvalue weighted by Gasteiger charge is -2.05. The molecule has 0 atom stereocenters. The normalized spacial score (nSPS) is 10.4. The molecule has 0 aliphatic rings. The molecule has 0 spiro atoms. The van der Waals surface area contributed by atoms with Gasteiger partial charge in [0.2, 0.25) is 0 Å². The third-order valence-electron chi connectivity index (χ3n) is 2.18. The quantitative estimate of drug-likeness (QED) is 0.684. The van der Waals surface area contributed by atoms with Crippen LogP contribution in [0.4, 0.5) is 0 Å². The van der Waals surface area contributed by atoms with Gasteiger partial charge in [0.25, 0.3) is 0 Å². The van der Waals surface area contributed by atoms with E-state index in [0.717, 1.165) is 15.2 Å². The van der Waals surface area contributed by atoms with Crippen molar-refractivity contribution in [2.75, 3.05) is 0 Å². The van der Waals surface area contributed by atoms with Crippen LogP contribution >= 0.6 is 39.3 Å². The van der Waals surface area contributed by atoms with Crippen molar-refractivity contribution in [2.24, 2.45) is 0 Å². The fourth-order valence-electron chi connectivity index (χ4n) is 1.33. The first-order valence-corrected chi connectivity index (χ1v) is 7.04. The van der Waals surface area contributed by atoms with Crippen molar-refractivity contribution in [3.8, 4) is 0 Å². The van der Waals surface area contributed by atoms with Gasteiger partial charge in [-0.25, -0.2) is 0 Å². The number of thioether (sulfide) groups is 1. The van der Waals surface area contributed by atoms with Crippen LogP contribution < -0.4 is 0 Å². The third kappa shape index (κ3) is 3.03. The highest BCUT2D eigenvalue weighted by Gasteiger charge is 2.02. The van der Waals surface area contributed by atoms with E-state index in [4.69, 9.17) is 11.6 Å². The Bertz CT molecular complexity index is 439. The summed E-state index contributed by atoms with van der Waals surface area (Å²) in [7, 11) is 0. The van der Waals surface area contributed by atoms with Crippen LogP contribution in [0.1, 0.15) is 5.56 Å². The molecule has 0 radical (unpaired) electrons. The highest BCUT2D eigenvalue weighted by molar-refractivity contribution is 9.10. The summed E-state index contributed by atoms with van der Waals surface area (Å²) < 4.78 is 1.13. The van der Waals surface area contributed by atoms with Crippen LogP contribution in [-0.2, 0) is 5.75 Å². The Morgan fingerprint density at radius 1 is 1.00 bits per heavy atom. The van der Waals surface area contributed by atoms with Crippen LogP contribution in [0.15, 0.2) is 57.9 Å². The van der Waals surface area contributed by atoms with Crippen molar-refractivity contribution >= 4 is 39.3 Å². The monoisotopic (exact) mass is 312 g/mol. The number of rotatable bonds is 3. The van der Waals surface area contributed by atoms with Crippen molar-refractivity contribution < 1.29 is 0 Å². The molecule has 0 nitrogen and oxygen atoms in total. The summed E-state index contributed by atoms with van der Waals surface area (Å²) in [5, 5.41) is 0.835. The highest BCUT2D eigenvalue weighted by Crippen LogP contribution is 2.31. The van der Waals surface area contributed by atoms with E-state index < -0.39 is 0 Å². The average molecular weight is 314 g/mol. The molecule has 0 aliphatic carbocycles. The highest BCUT2D eigenvalue weighted by atomic mass is 79.9. The van der Waals surface area contributed by atoms with E-state index in [9.17, 15) is 0 Å². The van der Waals surface area contributed by atoms with Crippen molar-refractivity contribution in [3.63, 3.8) is 0 Å². The molecule has 0 aliphatic heterocycles. The molecular formula is C13H10BrClS. The molecule has 2 rings (SSSR count). The van der Waals surface area contributed by atoms with Crippen LogP contribution in [0.3, 0.4) is 0 Å². The molecule has 0 amide bonds. The topological polar surface area (TPSA) is 0 Å². The van der Waals surface area contributed by atoms with Gasteiger partial charge in [0, 0.05) is 20.1 Å². The van der Waals surface area contributed by atoms with Crippen molar-refractivity contribution in [1.29, 1.82) is 0 Å². The molecule has 0 heterocycles. The van der Waals surface area contributed by atoms with E-state index in [0.29, 0.717) is 0 Å². The summed E-state index contributed by atoms with van der Waals surface area (Å²) in [6, 6.07) is 16.2. The average Bonchev–Trinajstić information content (AvgIpc) is 2.30. The van der Waals surface area contributed by atoms with Gasteiger partial charge in [-0.1, -0.05) is 41.9 Å². The van der Waals surface area contributed by atoms with Crippen LogP contribution in [-0.4, -0.2) is 0 Å². The number of halogens is 2. The van der Waals surface area contributed by atoms with E-state index in [2.05, 4.69) is 34.1 Å². The lowest BCUT2D eigenvalue weighted by atomic mass is 10.2. The second-order valence-corrected chi connectivity index (χ2v) is 5.59. The summed E-state index contributed by atoms with van der Waals surface area (Å²) in [5.74, 6) is 0.891. The molecule has 3 heteroatoms. The number of hydrogen-bond acceptors (Lipinski definition) is 1. The Labute approximate surface area is 113 Å². The molecule has 2 aromatic rings. The van der Waals surface area contributed by atoms with E-state index in [1.54, 1.807) is 11.8 Å². The fourth-order valence-corrected chi connectivity index (χ4v) is 3.19. The third-order valence-corrected chi connectivity index (χ3v) is 4.62. The SMILES string of the molecule is Clc1ccccc1CSc1ccccc1Br. The molecule has 0 aromatic heterocycles. The smallest absolute Gasteiger partial charge is 0.0446 e. The molecule has 0 N–H and O–H groups in total. The molecule has 2 aromatic carbocycles. The van der Waals surface area contributed by atoms with Gasteiger partial charge in [0.1, 0.15) is 0 Å². The first-order chi connectivity index (χ1) is 7.77. The summed E-state index contributed by atoms with van der Waals surface area (Å²) in [6.45, 7) is 0. The van der Waals surface area contributed by atoms with Crippen molar-refractivity contribution in [2.45, 2.75) is 10.6 Å². The maximum atomic E-state index is 6.11. The standard InChI is InChI=1S/C13H10BrClS/c14-11-6-2-4-8-13(11)16-9-10-5-1-3-7-12(10)15/h1-8H,9H2. The van der Waals surface area contributed by atoms with E-state index in [-0.39, 0.29) is 0 Å². The molecule has 0 saturated heterocycles. The minimum atomic E-state index is 0.835. The zero-order chi connectivity index (χ0) is 11.4. The first kappa shape index (κ1) is 12.0. The predicted octanol–water partition coefficient (Wildman–Crippen LogP) is 5.39. The lowest BCUT2D eigenvalue weighted by Crippen LogP contribution is -1.82. The predicted molar refractivity (Wildman–Crippen MR) is 75.2 cm³/mol. The van der Waals surface area contributed by atoms with E-state index in [1.807, 2.05) is 30.3 Å². The largest absolute Gasteiger partial charge is 0.120 e. The van der Waals surface area contributed by atoms with Gasteiger partial charge >= 0.3 is 0 Å². The maximum absolute atomic E-state index is 6.11. The van der Waals surface area contributed by atoms with Gasteiger partial charge in [0.05, 0.1) is 0 Å². The molecule has 0 bridgehead atoms. The Morgan fingerprint density at radius 2 is 1.69 bits per heavy atom. The Hall–Kier alpha value is -0.440. The number of hydrogen-bond donors (Lipinski definition) is 0. The summed E-state index contributed by atoms with van der Waals surface area (Å²) >= 11 is 11.4. The summed E-state index contributed by atoms with van der Waals surface area (Å²) in [6.07, 6.45) is 0. The van der Waals surface area contributed by atoms with Crippen molar-refractivity contribution in [3.05, 3.63) is 63.6 Å². The van der Waals surface area contributed by atoms with Gasteiger partial charge in [-0.05, 0) is 39.7 Å².